The van der Waals surface area contributed by atoms with Gasteiger partial charge in [0.15, 0.2) is 0 Å². The largest absolute Gasteiger partial charge is 0.378 e. The zero-order valence-corrected chi connectivity index (χ0v) is 10.9. The van der Waals surface area contributed by atoms with E-state index < -0.39 is 0 Å². The van der Waals surface area contributed by atoms with Crippen molar-refractivity contribution in [2.45, 2.75) is 13.0 Å². The second kappa shape index (κ2) is 5.11. The van der Waals surface area contributed by atoms with Crippen LogP contribution in [0.15, 0.2) is 67.0 Å². The van der Waals surface area contributed by atoms with E-state index >= 15 is 0 Å². The normalized spacial score (nSPS) is 12.3. The predicted molar refractivity (Wildman–Crippen MR) is 80.2 cm³/mol. The maximum absolute atomic E-state index is 4.17. The topological polar surface area (TPSA) is 24.9 Å². The van der Waals surface area contributed by atoms with Gasteiger partial charge in [0.25, 0.3) is 0 Å². The first-order chi connectivity index (χ1) is 9.34. The third-order valence-electron chi connectivity index (χ3n) is 3.35. The third kappa shape index (κ3) is 2.43. The summed E-state index contributed by atoms with van der Waals surface area (Å²) in [5.41, 5.74) is 2.35. The minimum Gasteiger partial charge on any atom is -0.378 e. The average Bonchev–Trinajstić information content (AvgIpc) is 2.48. The standard InChI is InChI=1S/C17H16N2/c1-13(15-8-5-11-18-12-15)19-17-10-4-7-14-6-2-3-9-16(14)17/h2-13,19H,1H3. The zero-order chi connectivity index (χ0) is 13.1. The average molecular weight is 248 g/mol. The summed E-state index contributed by atoms with van der Waals surface area (Å²) in [5.74, 6) is 0. The second-order valence-electron chi connectivity index (χ2n) is 4.68. The predicted octanol–water partition coefficient (Wildman–Crippen LogP) is 4.41. The number of hydrogen-bond donors (Lipinski definition) is 1. The van der Waals surface area contributed by atoms with E-state index in [1.54, 1.807) is 6.20 Å². The molecule has 3 rings (SSSR count). The first-order valence-electron chi connectivity index (χ1n) is 6.49. The van der Waals surface area contributed by atoms with E-state index in [0.29, 0.717) is 0 Å². The van der Waals surface area contributed by atoms with Gasteiger partial charge in [-0.25, -0.2) is 0 Å². The van der Waals surface area contributed by atoms with E-state index in [9.17, 15) is 0 Å². The summed E-state index contributed by atoms with van der Waals surface area (Å²) in [4.78, 5) is 4.17. The molecule has 3 aromatic rings. The molecule has 1 atom stereocenters. The Morgan fingerprint density at radius 3 is 2.63 bits per heavy atom. The fourth-order valence-corrected chi connectivity index (χ4v) is 2.30. The van der Waals surface area contributed by atoms with Crippen molar-refractivity contribution >= 4 is 16.5 Å². The highest BCUT2D eigenvalue weighted by atomic mass is 14.9. The lowest BCUT2D eigenvalue weighted by Crippen LogP contribution is -2.07. The molecule has 0 aliphatic rings. The molecule has 0 radical (unpaired) electrons. The molecule has 94 valence electrons. The molecular formula is C17H16N2. The number of benzene rings is 2. The van der Waals surface area contributed by atoms with Crippen molar-refractivity contribution in [2.24, 2.45) is 0 Å². The minimum atomic E-state index is 0.236. The quantitative estimate of drug-likeness (QED) is 0.742. The van der Waals surface area contributed by atoms with Crippen LogP contribution in [0, 0.1) is 0 Å². The molecule has 1 N–H and O–H groups in total. The molecule has 1 aromatic heterocycles. The number of fused-ring (bicyclic) bond motifs is 1. The van der Waals surface area contributed by atoms with Gasteiger partial charge in [0.1, 0.15) is 0 Å². The van der Waals surface area contributed by atoms with Gasteiger partial charge in [-0.3, -0.25) is 4.98 Å². The molecule has 19 heavy (non-hydrogen) atoms. The molecule has 1 unspecified atom stereocenters. The van der Waals surface area contributed by atoms with E-state index in [1.165, 1.54) is 16.3 Å². The van der Waals surface area contributed by atoms with Crippen molar-refractivity contribution in [3.63, 3.8) is 0 Å². The lowest BCUT2D eigenvalue weighted by Gasteiger charge is -2.17. The molecule has 0 aliphatic heterocycles. The van der Waals surface area contributed by atoms with E-state index in [2.05, 4.69) is 65.8 Å². The summed E-state index contributed by atoms with van der Waals surface area (Å²) in [5, 5.41) is 6.07. The Hall–Kier alpha value is -2.35. The zero-order valence-electron chi connectivity index (χ0n) is 10.9. The van der Waals surface area contributed by atoms with Crippen molar-refractivity contribution in [3.8, 4) is 0 Å². The van der Waals surface area contributed by atoms with Gasteiger partial charge in [0.05, 0.1) is 6.04 Å². The summed E-state index contributed by atoms with van der Waals surface area (Å²) < 4.78 is 0. The molecule has 2 heteroatoms. The fourth-order valence-electron chi connectivity index (χ4n) is 2.30. The molecule has 1 heterocycles. The van der Waals surface area contributed by atoms with Crippen LogP contribution in [-0.4, -0.2) is 4.98 Å². The number of nitrogens with one attached hydrogen (secondary N) is 1. The second-order valence-corrected chi connectivity index (χ2v) is 4.68. The SMILES string of the molecule is CC(Nc1cccc2ccccc12)c1cccnc1. The Morgan fingerprint density at radius 1 is 0.947 bits per heavy atom. The summed E-state index contributed by atoms with van der Waals surface area (Å²) >= 11 is 0. The van der Waals surface area contributed by atoms with Crippen molar-refractivity contribution in [3.05, 3.63) is 72.6 Å². The number of pyridine rings is 1. The van der Waals surface area contributed by atoms with Crippen LogP contribution in [0.1, 0.15) is 18.5 Å². The Bertz CT molecular complexity index is 672. The van der Waals surface area contributed by atoms with E-state index in [-0.39, 0.29) is 6.04 Å². The fraction of sp³-hybridized carbons (Fsp3) is 0.118. The van der Waals surface area contributed by atoms with Gasteiger partial charge in [0, 0.05) is 23.5 Å². The molecule has 0 aliphatic carbocycles. The molecule has 0 spiro atoms. The van der Waals surface area contributed by atoms with Crippen LogP contribution in [0.2, 0.25) is 0 Å². The summed E-state index contributed by atoms with van der Waals surface area (Å²) in [6, 6.07) is 19.1. The third-order valence-corrected chi connectivity index (χ3v) is 3.35. The molecule has 2 aromatic carbocycles. The molecule has 2 nitrogen and oxygen atoms in total. The lowest BCUT2D eigenvalue weighted by atomic mass is 10.1. The lowest BCUT2D eigenvalue weighted by molar-refractivity contribution is 0.877. The highest BCUT2D eigenvalue weighted by Gasteiger charge is 2.07. The van der Waals surface area contributed by atoms with Crippen LogP contribution >= 0.6 is 0 Å². The number of anilines is 1. The molecule has 0 bridgehead atoms. The van der Waals surface area contributed by atoms with Gasteiger partial charge >= 0.3 is 0 Å². The Labute approximate surface area is 113 Å². The molecule has 0 saturated carbocycles. The molecule has 0 fully saturated rings. The van der Waals surface area contributed by atoms with Crippen molar-refractivity contribution < 1.29 is 0 Å². The van der Waals surface area contributed by atoms with Crippen LogP contribution in [-0.2, 0) is 0 Å². The van der Waals surface area contributed by atoms with Gasteiger partial charge in [0.2, 0.25) is 0 Å². The maximum atomic E-state index is 4.17. The smallest absolute Gasteiger partial charge is 0.0501 e. The summed E-state index contributed by atoms with van der Waals surface area (Å²) in [6.45, 7) is 2.15. The van der Waals surface area contributed by atoms with Gasteiger partial charge < -0.3 is 5.32 Å². The van der Waals surface area contributed by atoms with E-state index in [4.69, 9.17) is 0 Å². The minimum absolute atomic E-state index is 0.236. The molecular weight excluding hydrogens is 232 g/mol. The van der Waals surface area contributed by atoms with Crippen LogP contribution in [0.4, 0.5) is 5.69 Å². The van der Waals surface area contributed by atoms with Crippen LogP contribution in [0.5, 0.6) is 0 Å². The first-order valence-corrected chi connectivity index (χ1v) is 6.49. The number of nitrogens with zero attached hydrogens (tertiary/aromatic N) is 1. The van der Waals surface area contributed by atoms with Gasteiger partial charge in [-0.05, 0) is 30.0 Å². The van der Waals surface area contributed by atoms with Crippen molar-refractivity contribution in [1.82, 2.24) is 4.98 Å². The molecule has 0 saturated heterocycles. The van der Waals surface area contributed by atoms with Crippen LogP contribution in [0.3, 0.4) is 0 Å². The summed E-state index contributed by atoms with van der Waals surface area (Å²) in [6.07, 6.45) is 3.71. The number of rotatable bonds is 3. The van der Waals surface area contributed by atoms with Crippen LogP contribution < -0.4 is 5.32 Å². The monoisotopic (exact) mass is 248 g/mol. The van der Waals surface area contributed by atoms with E-state index in [1.807, 2.05) is 12.3 Å². The van der Waals surface area contributed by atoms with Crippen molar-refractivity contribution in [1.29, 1.82) is 0 Å². The van der Waals surface area contributed by atoms with Crippen LogP contribution in [0.25, 0.3) is 10.8 Å². The Kier molecular flexibility index (Phi) is 3.15. The Morgan fingerprint density at radius 2 is 1.79 bits per heavy atom. The van der Waals surface area contributed by atoms with Gasteiger partial charge in [-0.1, -0.05) is 42.5 Å². The number of hydrogen-bond acceptors (Lipinski definition) is 2. The van der Waals surface area contributed by atoms with E-state index in [0.717, 1.165) is 5.69 Å². The van der Waals surface area contributed by atoms with Gasteiger partial charge in [-0.15, -0.1) is 0 Å². The highest BCUT2D eigenvalue weighted by Crippen LogP contribution is 2.26. The maximum Gasteiger partial charge on any atom is 0.0501 e. The molecule has 0 amide bonds. The number of aromatic nitrogens is 1. The van der Waals surface area contributed by atoms with Gasteiger partial charge in [-0.2, -0.15) is 0 Å². The van der Waals surface area contributed by atoms with Crippen molar-refractivity contribution in [2.75, 3.05) is 5.32 Å². The summed E-state index contributed by atoms with van der Waals surface area (Å²) in [7, 11) is 0. The first kappa shape index (κ1) is 11.7. The highest BCUT2D eigenvalue weighted by molar-refractivity contribution is 5.93. The Balaban J connectivity index is 1.94.